The summed E-state index contributed by atoms with van der Waals surface area (Å²) in [5.41, 5.74) is 0.967. The molecule has 1 spiro atoms. The fourth-order valence-corrected chi connectivity index (χ4v) is 6.32. The standard InChI is InChI=1S/C18H21N3O3S/c22-25(23)10-7-15(12-24-17-6-2-4-9-20-17)18(25)13-21(14-18)11-16-5-1-3-8-19-16/h1-6,8-9,15H,7,10-14H2/t15-/m1/s1. The number of pyridine rings is 2. The molecule has 2 aromatic rings. The first-order valence-corrected chi connectivity index (χ1v) is 10.1. The lowest BCUT2D eigenvalue weighted by Crippen LogP contribution is -2.67. The molecule has 0 aliphatic carbocycles. The maximum atomic E-state index is 12.7. The van der Waals surface area contributed by atoms with Gasteiger partial charge in [-0.3, -0.25) is 9.88 Å². The monoisotopic (exact) mass is 359 g/mol. The van der Waals surface area contributed by atoms with E-state index in [4.69, 9.17) is 4.74 Å². The van der Waals surface area contributed by atoms with Crippen molar-refractivity contribution in [2.45, 2.75) is 17.7 Å². The second-order valence-corrected chi connectivity index (χ2v) is 9.27. The lowest BCUT2D eigenvalue weighted by molar-refractivity contribution is 0.0572. The van der Waals surface area contributed by atoms with Crippen LogP contribution in [0.25, 0.3) is 0 Å². The minimum absolute atomic E-state index is 0.0134. The third kappa shape index (κ3) is 3.02. The molecule has 2 aromatic heterocycles. The molecule has 4 heterocycles. The van der Waals surface area contributed by atoms with Gasteiger partial charge in [-0.25, -0.2) is 13.4 Å². The highest BCUT2D eigenvalue weighted by molar-refractivity contribution is 7.93. The van der Waals surface area contributed by atoms with E-state index in [2.05, 4.69) is 14.9 Å². The minimum Gasteiger partial charge on any atom is -0.477 e. The van der Waals surface area contributed by atoms with Crippen LogP contribution in [0, 0.1) is 5.92 Å². The Morgan fingerprint density at radius 2 is 1.88 bits per heavy atom. The largest absolute Gasteiger partial charge is 0.477 e. The molecule has 1 atom stereocenters. The summed E-state index contributed by atoms with van der Waals surface area (Å²) < 4.78 is 30.4. The number of hydrogen-bond donors (Lipinski definition) is 0. The van der Waals surface area contributed by atoms with Gasteiger partial charge in [-0.2, -0.15) is 0 Å². The van der Waals surface area contributed by atoms with Gasteiger partial charge in [-0.05, 0) is 24.6 Å². The highest BCUT2D eigenvalue weighted by atomic mass is 32.2. The average molecular weight is 359 g/mol. The van der Waals surface area contributed by atoms with E-state index in [0.717, 1.165) is 5.69 Å². The Morgan fingerprint density at radius 3 is 2.56 bits per heavy atom. The summed E-state index contributed by atoms with van der Waals surface area (Å²) in [6.07, 6.45) is 4.10. The van der Waals surface area contributed by atoms with E-state index >= 15 is 0 Å². The summed E-state index contributed by atoms with van der Waals surface area (Å²) in [7, 11) is -3.09. The zero-order valence-electron chi connectivity index (χ0n) is 13.9. The molecule has 0 aromatic carbocycles. The lowest BCUT2D eigenvalue weighted by atomic mass is 9.83. The molecule has 0 saturated carbocycles. The Kier molecular flexibility index (Phi) is 4.21. The van der Waals surface area contributed by atoms with Gasteiger partial charge in [-0.15, -0.1) is 0 Å². The molecular formula is C18H21N3O3S. The second-order valence-electron chi connectivity index (χ2n) is 6.81. The zero-order valence-corrected chi connectivity index (χ0v) is 14.7. The van der Waals surface area contributed by atoms with Crippen LogP contribution in [0.15, 0.2) is 48.8 Å². The fraction of sp³-hybridized carbons (Fsp3) is 0.444. The molecule has 7 heteroatoms. The topological polar surface area (TPSA) is 72.4 Å². The van der Waals surface area contributed by atoms with Gasteiger partial charge in [0.1, 0.15) is 4.75 Å². The predicted molar refractivity (Wildman–Crippen MR) is 93.9 cm³/mol. The van der Waals surface area contributed by atoms with E-state index in [1.165, 1.54) is 0 Å². The van der Waals surface area contributed by atoms with Crippen LogP contribution < -0.4 is 4.74 Å². The number of aromatic nitrogens is 2. The van der Waals surface area contributed by atoms with Crippen molar-refractivity contribution >= 4 is 9.84 Å². The molecule has 0 N–H and O–H groups in total. The molecule has 0 radical (unpaired) electrons. The van der Waals surface area contributed by atoms with Gasteiger partial charge in [0.15, 0.2) is 9.84 Å². The highest BCUT2D eigenvalue weighted by Gasteiger charge is 2.61. The molecule has 0 amide bonds. The van der Waals surface area contributed by atoms with E-state index in [-0.39, 0.29) is 11.7 Å². The number of sulfone groups is 1. The predicted octanol–water partition coefficient (Wildman–Crippen LogP) is 1.54. The molecule has 2 aliphatic rings. The molecule has 2 saturated heterocycles. The summed E-state index contributed by atoms with van der Waals surface area (Å²) in [4.78, 5) is 10.6. The first-order valence-electron chi connectivity index (χ1n) is 8.47. The van der Waals surface area contributed by atoms with Crippen LogP contribution in [0.2, 0.25) is 0 Å². The van der Waals surface area contributed by atoms with Crippen molar-refractivity contribution in [1.82, 2.24) is 14.9 Å². The van der Waals surface area contributed by atoms with Crippen molar-refractivity contribution in [3.05, 3.63) is 54.5 Å². The van der Waals surface area contributed by atoms with Crippen molar-refractivity contribution in [3.63, 3.8) is 0 Å². The first-order chi connectivity index (χ1) is 12.1. The third-order valence-corrected chi connectivity index (χ3v) is 7.87. The van der Waals surface area contributed by atoms with Crippen LogP contribution in [0.3, 0.4) is 0 Å². The summed E-state index contributed by atoms with van der Waals surface area (Å²) in [5, 5.41) is 0. The Balaban J connectivity index is 1.43. The Bertz CT molecular complexity index is 821. The summed E-state index contributed by atoms with van der Waals surface area (Å²) >= 11 is 0. The SMILES string of the molecule is O=S1(=O)CC[C@H](COc2ccccn2)C12CN(Cc1ccccn1)C2. The normalized spacial score (nSPS) is 24.1. The molecule has 132 valence electrons. The van der Waals surface area contributed by atoms with Crippen LogP contribution in [0.1, 0.15) is 12.1 Å². The van der Waals surface area contributed by atoms with Crippen molar-refractivity contribution in [3.8, 4) is 5.88 Å². The third-order valence-electron chi connectivity index (χ3n) is 5.26. The first kappa shape index (κ1) is 16.5. The maximum absolute atomic E-state index is 12.7. The molecule has 0 bridgehead atoms. The van der Waals surface area contributed by atoms with Gasteiger partial charge in [0.05, 0.1) is 18.1 Å². The van der Waals surface area contributed by atoms with Gasteiger partial charge in [0.25, 0.3) is 0 Å². The van der Waals surface area contributed by atoms with Crippen LogP contribution in [0.5, 0.6) is 5.88 Å². The fourth-order valence-electron chi connectivity index (χ4n) is 3.87. The van der Waals surface area contributed by atoms with Crippen molar-refractivity contribution in [1.29, 1.82) is 0 Å². The molecule has 4 rings (SSSR count). The van der Waals surface area contributed by atoms with E-state index in [9.17, 15) is 8.42 Å². The lowest BCUT2D eigenvalue weighted by Gasteiger charge is -2.49. The average Bonchev–Trinajstić information content (AvgIpc) is 2.86. The number of likely N-dealkylation sites (tertiary alicyclic amines) is 1. The van der Waals surface area contributed by atoms with Crippen molar-refractivity contribution in [2.24, 2.45) is 5.92 Å². The second kappa shape index (κ2) is 6.38. The Hall–Kier alpha value is -1.99. The molecule has 2 fully saturated rings. The summed E-state index contributed by atoms with van der Waals surface area (Å²) in [6.45, 7) is 2.20. The molecule has 2 aliphatic heterocycles. The molecule has 25 heavy (non-hydrogen) atoms. The molecule has 0 unspecified atom stereocenters. The summed E-state index contributed by atoms with van der Waals surface area (Å²) in [6, 6.07) is 11.3. The van der Waals surface area contributed by atoms with Crippen molar-refractivity contribution in [2.75, 3.05) is 25.4 Å². The van der Waals surface area contributed by atoms with Crippen LogP contribution in [-0.4, -0.2) is 53.5 Å². The quantitative estimate of drug-likeness (QED) is 0.806. The van der Waals surface area contributed by atoms with E-state index < -0.39 is 14.6 Å². The Labute approximate surface area is 147 Å². The minimum atomic E-state index is -3.09. The van der Waals surface area contributed by atoms with E-state index in [1.807, 2.05) is 30.3 Å². The maximum Gasteiger partial charge on any atom is 0.213 e. The molecular weight excluding hydrogens is 338 g/mol. The van der Waals surface area contributed by atoms with Gasteiger partial charge in [0, 0.05) is 44.0 Å². The van der Waals surface area contributed by atoms with Gasteiger partial charge in [-0.1, -0.05) is 12.1 Å². The van der Waals surface area contributed by atoms with Gasteiger partial charge in [0.2, 0.25) is 5.88 Å². The van der Waals surface area contributed by atoms with Crippen LogP contribution >= 0.6 is 0 Å². The zero-order chi connectivity index (χ0) is 17.3. The van der Waals surface area contributed by atoms with Crippen LogP contribution in [-0.2, 0) is 16.4 Å². The molecule has 6 nitrogen and oxygen atoms in total. The number of ether oxygens (including phenoxy) is 1. The van der Waals surface area contributed by atoms with E-state index in [0.29, 0.717) is 38.5 Å². The van der Waals surface area contributed by atoms with E-state index in [1.54, 1.807) is 18.5 Å². The highest BCUT2D eigenvalue weighted by Crippen LogP contribution is 2.45. The van der Waals surface area contributed by atoms with Gasteiger partial charge < -0.3 is 4.74 Å². The number of rotatable bonds is 5. The number of nitrogens with zero attached hydrogens (tertiary/aromatic N) is 3. The van der Waals surface area contributed by atoms with Crippen LogP contribution in [0.4, 0.5) is 0 Å². The smallest absolute Gasteiger partial charge is 0.213 e. The number of hydrogen-bond acceptors (Lipinski definition) is 6. The van der Waals surface area contributed by atoms with Gasteiger partial charge >= 0.3 is 0 Å². The summed E-state index contributed by atoms with van der Waals surface area (Å²) in [5.74, 6) is 0.812. The van der Waals surface area contributed by atoms with Crippen molar-refractivity contribution < 1.29 is 13.2 Å². The Morgan fingerprint density at radius 1 is 1.12 bits per heavy atom.